The minimum Gasteiger partial charge on any atom is -0.399 e. The van der Waals surface area contributed by atoms with E-state index in [1.807, 2.05) is 44.2 Å². The van der Waals surface area contributed by atoms with Gasteiger partial charge in [0, 0.05) is 23.0 Å². The van der Waals surface area contributed by atoms with Crippen LogP contribution in [-0.2, 0) is 11.2 Å². The maximum atomic E-state index is 12.2. The van der Waals surface area contributed by atoms with Crippen LogP contribution in [-0.4, -0.2) is 11.9 Å². The largest absolute Gasteiger partial charge is 0.399 e. The van der Waals surface area contributed by atoms with Crippen molar-refractivity contribution in [2.24, 2.45) is 0 Å². The molecule has 0 aliphatic carbocycles. The lowest BCUT2D eigenvalue weighted by molar-refractivity contribution is -0.122. The second kappa shape index (κ2) is 6.57. The predicted molar refractivity (Wildman–Crippen MR) is 84.9 cm³/mol. The maximum absolute atomic E-state index is 12.2. The summed E-state index contributed by atoms with van der Waals surface area (Å²) in [5.41, 5.74) is 7.40. The zero-order valence-electron chi connectivity index (χ0n) is 11.8. The SMILES string of the molecule is CC(Cc1cccs1)NC(=O)C(C)c1cccc(N)c1. The second-order valence-electron chi connectivity index (χ2n) is 5.08. The normalized spacial score (nSPS) is 13.7. The van der Waals surface area contributed by atoms with Crippen LogP contribution in [0, 0.1) is 0 Å². The molecule has 3 nitrogen and oxygen atoms in total. The first-order valence-corrected chi connectivity index (χ1v) is 7.62. The van der Waals surface area contributed by atoms with Gasteiger partial charge in [-0.15, -0.1) is 11.3 Å². The average Bonchev–Trinajstić information content (AvgIpc) is 2.90. The van der Waals surface area contributed by atoms with Crippen LogP contribution in [0.5, 0.6) is 0 Å². The summed E-state index contributed by atoms with van der Waals surface area (Å²) in [5.74, 6) is -0.149. The van der Waals surface area contributed by atoms with Gasteiger partial charge in [0.2, 0.25) is 5.91 Å². The zero-order valence-corrected chi connectivity index (χ0v) is 12.6. The van der Waals surface area contributed by atoms with Crippen molar-refractivity contribution in [2.45, 2.75) is 32.2 Å². The van der Waals surface area contributed by atoms with Crippen molar-refractivity contribution in [3.05, 3.63) is 52.2 Å². The lowest BCUT2D eigenvalue weighted by atomic mass is 9.99. The Morgan fingerprint density at radius 1 is 1.30 bits per heavy atom. The summed E-state index contributed by atoms with van der Waals surface area (Å²) in [6.45, 7) is 3.94. The van der Waals surface area contributed by atoms with Gasteiger partial charge < -0.3 is 11.1 Å². The van der Waals surface area contributed by atoms with Crippen LogP contribution < -0.4 is 11.1 Å². The second-order valence-corrected chi connectivity index (χ2v) is 6.12. The van der Waals surface area contributed by atoms with Gasteiger partial charge in [-0.3, -0.25) is 4.79 Å². The van der Waals surface area contributed by atoms with Gasteiger partial charge in [0.25, 0.3) is 0 Å². The molecule has 3 N–H and O–H groups in total. The number of nitrogen functional groups attached to an aromatic ring is 1. The van der Waals surface area contributed by atoms with Crippen LogP contribution in [0.4, 0.5) is 5.69 Å². The maximum Gasteiger partial charge on any atom is 0.227 e. The molecule has 1 aromatic carbocycles. The van der Waals surface area contributed by atoms with Crippen molar-refractivity contribution < 1.29 is 4.79 Å². The first-order chi connectivity index (χ1) is 9.56. The van der Waals surface area contributed by atoms with Crippen molar-refractivity contribution in [1.29, 1.82) is 0 Å². The highest BCUT2D eigenvalue weighted by Crippen LogP contribution is 2.18. The fourth-order valence-electron chi connectivity index (χ4n) is 2.13. The average molecular weight is 288 g/mol. The summed E-state index contributed by atoms with van der Waals surface area (Å²) in [5, 5.41) is 5.12. The van der Waals surface area contributed by atoms with E-state index in [4.69, 9.17) is 5.73 Å². The van der Waals surface area contributed by atoms with E-state index in [9.17, 15) is 4.79 Å². The number of carbonyl (C=O) groups is 1. The minimum atomic E-state index is -0.190. The smallest absolute Gasteiger partial charge is 0.227 e. The molecule has 1 aromatic heterocycles. The number of amides is 1. The number of nitrogens with two attached hydrogens (primary N) is 1. The fraction of sp³-hybridized carbons (Fsp3) is 0.312. The van der Waals surface area contributed by atoms with Gasteiger partial charge in [-0.25, -0.2) is 0 Å². The molecule has 0 radical (unpaired) electrons. The van der Waals surface area contributed by atoms with E-state index in [0.29, 0.717) is 5.69 Å². The Kier molecular flexibility index (Phi) is 4.79. The van der Waals surface area contributed by atoms with E-state index in [1.165, 1.54) is 4.88 Å². The molecule has 0 saturated carbocycles. The van der Waals surface area contributed by atoms with Gasteiger partial charge >= 0.3 is 0 Å². The molecule has 2 aromatic rings. The Bertz CT molecular complexity index is 566. The molecule has 0 saturated heterocycles. The molecule has 20 heavy (non-hydrogen) atoms. The van der Waals surface area contributed by atoms with Gasteiger partial charge in [-0.2, -0.15) is 0 Å². The Hall–Kier alpha value is -1.81. The van der Waals surface area contributed by atoms with Gasteiger partial charge in [-0.1, -0.05) is 18.2 Å². The minimum absolute atomic E-state index is 0.0413. The highest BCUT2D eigenvalue weighted by atomic mass is 32.1. The lowest BCUT2D eigenvalue weighted by Crippen LogP contribution is -2.36. The summed E-state index contributed by atoms with van der Waals surface area (Å²) >= 11 is 1.72. The third-order valence-electron chi connectivity index (χ3n) is 3.28. The van der Waals surface area contributed by atoms with E-state index in [1.54, 1.807) is 11.3 Å². The number of rotatable bonds is 5. The van der Waals surface area contributed by atoms with Crippen LogP contribution >= 0.6 is 11.3 Å². The highest BCUT2D eigenvalue weighted by molar-refractivity contribution is 7.09. The molecule has 2 unspecified atom stereocenters. The summed E-state index contributed by atoms with van der Waals surface area (Å²) < 4.78 is 0. The summed E-state index contributed by atoms with van der Waals surface area (Å²) in [6, 6.07) is 11.7. The monoisotopic (exact) mass is 288 g/mol. The molecule has 0 fully saturated rings. The van der Waals surface area contributed by atoms with Crippen molar-refractivity contribution in [3.8, 4) is 0 Å². The zero-order chi connectivity index (χ0) is 14.5. The van der Waals surface area contributed by atoms with Crippen molar-refractivity contribution >= 4 is 22.9 Å². The van der Waals surface area contributed by atoms with Gasteiger partial charge in [0.15, 0.2) is 0 Å². The Balaban J connectivity index is 1.94. The number of carbonyl (C=O) groups excluding carboxylic acids is 1. The summed E-state index contributed by atoms with van der Waals surface area (Å²) in [4.78, 5) is 13.5. The quantitative estimate of drug-likeness (QED) is 0.830. The molecule has 1 amide bonds. The fourth-order valence-corrected chi connectivity index (χ4v) is 2.96. The third kappa shape index (κ3) is 3.84. The lowest BCUT2D eigenvalue weighted by Gasteiger charge is -2.17. The van der Waals surface area contributed by atoms with Crippen LogP contribution in [0.25, 0.3) is 0 Å². The number of nitrogens with one attached hydrogen (secondary N) is 1. The number of hydrogen-bond donors (Lipinski definition) is 2. The molecule has 106 valence electrons. The topological polar surface area (TPSA) is 55.1 Å². The van der Waals surface area contributed by atoms with Crippen molar-refractivity contribution in [3.63, 3.8) is 0 Å². The van der Waals surface area contributed by atoms with E-state index >= 15 is 0 Å². The molecular formula is C16H20N2OS. The van der Waals surface area contributed by atoms with Gasteiger partial charge in [-0.05, 0) is 43.0 Å². The number of benzene rings is 1. The third-order valence-corrected chi connectivity index (χ3v) is 4.18. The van der Waals surface area contributed by atoms with Gasteiger partial charge in [0.1, 0.15) is 0 Å². The molecule has 0 bridgehead atoms. The Morgan fingerprint density at radius 3 is 2.75 bits per heavy atom. The molecule has 2 atom stereocenters. The highest BCUT2D eigenvalue weighted by Gasteiger charge is 2.17. The molecule has 4 heteroatoms. The van der Waals surface area contributed by atoms with E-state index < -0.39 is 0 Å². The number of thiophene rings is 1. The first-order valence-electron chi connectivity index (χ1n) is 6.74. The molecule has 0 aliphatic rings. The molecular weight excluding hydrogens is 268 g/mol. The van der Waals surface area contributed by atoms with E-state index in [2.05, 4.69) is 16.8 Å². The Labute approximate surface area is 123 Å². The van der Waals surface area contributed by atoms with E-state index in [-0.39, 0.29) is 17.9 Å². The standard InChI is InChI=1S/C16H20N2OS/c1-11(9-15-7-4-8-20-15)18-16(19)12(2)13-5-3-6-14(17)10-13/h3-8,10-12H,9,17H2,1-2H3,(H,18,19). The summed E-state index contributed by atoms with van der Waals surface area (Å²) in [6.07, 6.45) is 0.868. The molecule has 0 spiro atoms. The summed E-state index contributed by atoms with van der Waals surface area (Å²) in [7, 11) is 0. The number of anilines is 1. The van der Waals surface area contributed by atoms with Crippen molar-refractivity contribution in [1.82, 2.24) is 5.32 Å². The first kappa shape index (κ1) is 14.6. The molecule has 0 aliphatic heterocycles. The van der Waals surface area contributed by atoms with E-state index in [0.717, 1.165) is 12.0 Å². The number of hydrogen-bond acceptors (Lipinski definition) is 3. The predicted octanol–water partition coefficient (Wildman–Crippen LogP) is 3.18. The van der Waals surface area contributed by atoms with Crippen LogP contribution in [0.2, 0.25) is 0 Å². The Morgan fingerprint density at radius 2 is 2.10 bits per heavy atom. The van der Waals surface area contributed by atoms with Gasteiger partial charge in [0.05, 0.1) is 5.92 Å². The molecule has 1 heterocycles. The van der Waals surface area contributed by atoms with Crippen LogP contribution in [0.15, 0.2) is 41.8 Å². The van der Waals surface area contributed by atoms with Crippen LogP contribution in [0.1, 0.15) is 30.2 Å². The van der Waals surface area contributed by atoms with Crippen molar-refractivity contribution in [2.75, 3.05) is 5.73 Å². The van der Waals surface area contributed by atoms with Crippen LogP contribution in [0.3, 0.4) is 0 Å². The molecule has 2 rings (SSSR count).